The van der Waals surface area contributed by atoms with E-state index >= 15 is 0 Å². The molecule has 1 heterocycles. The van der Waals surface area contributed by atoms with Gasteiger partial charge in [0.05, 0.1) is 6.42 Å². The van der Waals surface area contributed by atoms with Crippen LogP contribution in [0.4, 0.5) is 0 Å². The molecule has 1 unspecified atom stereocenters. The molecule has 0 bridgehead atoms. The van der Waals surface area contributed by atoms with E-state index in [-0.39, 0.29) is 12.3 Å². The van der Waals surface area contributed by atoms with Crippen LogP contribution in [-0.4, -0.2) is 32.2 Å². The van der Waals surface area contributed by atoms with E-state index in [4.69, 9.17) is 5.11 Å². The van der Waals surface area contributed by atoms with Crippen molar-refractivity contribution >= 4 is 38.4 Å². The summed E-state index contributed by atoms with van der Waals surface area (Å²) in [4.78, 5) is 12.2. The first-order chi connectivity index (χ1) is 14.2. The molecule has 0 aliphatic rings. The van der Waals surface area contributed by atoms with Crippen LogP contribution in [0, 0.1) is 0 Å². The second-order valence-corrected chi connectivity index (χ2v) is 11.5. The van der Waals surface area contributed by atoms with Crippen molar-refractivity contribution in [3.05, 3.63) is 22.4 Å². The van der Waals surface area contributed by atoms with Gasteiger partial charge in [-0.1, -0.05) is 83.6 Å². The van der Waals surface area contributed by atoms with Crippen LogP contribution in [0.1, 0.15) is 121 Å². The molecule has 1 N–H and O–H groups in total. The first-order valence-electron chi connectivity index (χ1n) is 11.8. The molecule has 0 fully saturated rings. The predicted molar refractivity (Wildman–Crippen MR) is 128 cm³/mol. The number of carbonyl (C=O) groups is 1. The average Bonchev–Trinajstić information content (AvgIpc) is 3.24. The molecule has 0 aliphatic carbocycles. The van der Waals surface area contributed by atoms with Crippen molar-refractivity contribution in [3.63, 3.8) is 0 Å². The number of aliphatic carboxylic acids is 1. The molecule has 3 nitrogen and oxygen atoms in total. The van der Waals surface area contributed by atoms with Crippen LogP contribution in [0.25, 0.3) is 0 Å². The van der Waals surface area contributed by atoms with Crippen molar-refractivity contribution in [2.45, 2.75) is 121 Å². The minimum absolute atomic E-state index is 0.214. The summed E-state index contributed by atoms with van der Waals surface area (Å²) in [5.41, 5.74) is 0. The van der Waals surface area contributed by atoms with E-state index in [1.807, 2.05) is 11.4 Å². The van der Waals surface area contributed by atoms with Gasteiger partial charge < -0.3 is 5.11 Å². The molecule has 0 aromatic carbocycles. The molecule has 0 saturated carbocycles. The molecule has 1 aromatic rings. The van der Waals surface area contributed by atoms with Gasteiger partial charge in [-0.15, -0.1) is 11.3 Å². The number of unbranched alkanes of at least 4 members (excludes halogenated alkanes) is 11. The normalized spacial score (nSPS) is 11.5. The molecule has 1 rings (SSSR count). The zero-order chi connectivity index (χ0) is 21.6. The van der Waals surface area contributed by atoms with Crippen molar-refractivity contribution in [3.8, 4) is 0 Å². The third kappa shape index (κ3) is 19.5. The van der Waals surface area contributed by atoms with E-state index in [1.165, 1.54) is 81.9 Å². The van der Waals surface area contributed by atoms with Crippen LogP contribution in [-0.2, 0) is 7.87 Å². The summed E-state index contributed by atoms with van der Waals surface area (Å²) in [6, 6.07) is 4.10. The molecule has 0 spiro atoms. The summed E-state index contributed by atoms with van der Waals surface area (Å²) in [6.07, 6.45) is 18.4. The first-order valence-corrected chi connectivity index (χ1v) is 16.4. The van der Waals surface area contributed by atoms with Crippen LogP contribution in [0.3, 0.4) is 0 Å². The maximum atomic E-state index is 11.0. The fourth-order valence-corrected chi connectivity index (χ4v) is 5.93. The van der Waals surface area contributed by atoms with Crippen LogP contribution in [0.15, 0.2) is 17.5 Å². The van der Waals surface area contributed by atoms with Gasteiger partial charge >= 0.3 is 54.4 Å². The topological polar surface area (TPSA) is 54.4 Å². The van der Waals surface area contributed by atoms with Gasteiger partial charge in [0.25, 0.3) is 0 Å². The van der Waals surface area contributed by atoms with E-state index in [9.17, 15) is 7.87 Å². The number of hydrogen-bond acceptors (Lipinski definition) is 3. The third-order valence-corrected chi connectivity index (χ3v) is 8.07. The summed E-state index contributed by atoms with van der Waals surface area (Å²) in [7, 11) is 0. The monoisotopic (exact) mass is 532 g/mol. The molecule has 1 atom stereocenters. The Morgan fingerprint density at radius 2 is 1.48 bits per heavy atom. The Morgan fingerprint density at radius 1 is 0.931 bits per heavy atom. The second kappa shape index (κ2) is 22.5. The van der Waals surface area contributed by atoms with Crippen molar-refractivity contribution < 1.29 is 13.0 Å². The molecule has 29 heavy (non-hydrogen) atoms. The van der Waals surface area contributed by atoms with Crippen molar-refractivity contribution in [2.24, 2.45) is 0 Å². The predicted octanol–water partition coefficient (Wildman–Crippen LogP) is 7.99. The third-order valence-electron chi connectivity index (χ3n) is 5.20. The zero-order valence-electron chi connectivity index (χ0n) is 18.9. The number of carboxylic acids is 1. The quantitative estimate of drug-likeness (QED) is 0.154. The van der Waals surface area contributed by atoms with E-state index in [2.05, 4.69) is 19.9 Å². The summed E-state index contributed by atoms with van der Waals surface area (Å²) in [6.45, 7) is 4.39. The number of thiophene rings is 1. The van der Waals surface area contributed by atoms with E-state index in [0.29, 0.717) is 0 Å². The van der Waals surface area contributed by atoms with Gasteiger partial charge in [-0.25, -0.2) is 0 Å². The van der Waals surface area contributed by atoms with Gasteiger partial charge in [-0.2, -0.15) is 0 Å². The van der Waals surface area contributed by atoms with E-state index in [1.54, 1.807) is 11.3 Å². The van der Waals surface area contributed by atoms with Gasteiger partial charge in [0.2, 0.25) is 0 Å². The molecule has 0 aliphatic heterocycles. The molecular weight excluding hydrogens is 487 g/mol. The molecule has 5 heteroatoms. The molecular formula is C24H44O3SSn. The average molecular weight is 531 g/mol. The Kier molecular flexibility index (Phi) is 22.3. The van der Waals surface area contributed by atoms with E-state index < -0.39 is 27.1 Å². The number of rotatable bonds is 18. The standard InChI is InChI=1S/C20H34O2S.C4H9.O.Sn.H/c1-2-3-4-5-6-7-8-9-10-11-12-14-18(17-20(21)22)19-15-13-16-23-19;1-3-4-2;;;/h13,15-16,18H,2-12,14,17H2,1H3,(H,21,22);1,3-4H2,2H3;;;. The molecule has 168 valence electrons. The second-order valence-electron chi connectivity index (χ2n) is 7.94. The van der Waals surface area contributed by atoms with Gasteiger partial charge in [-0.3, -0.25) is 4.79 Å². The number of carboxylic acid groups (broad SMARTS) is 1. The summed E-state index contributed by atoms with van der Waals surface area (Å²) >= 11 is 0.495. The zero-order valence-corrected chi connectivity index (χ0v) is 23.0. The summed E-state index contributed by atoms with van der Waals surface area (Å²) in [5.74, 6) is -0.461. The fraction of sp³-hybridized carbons (Fsp3) is 0.792. The van der Waals surface area contributed by atoms with Crippen LogP contribution >= 0.6 is 11.3 Å². The van der Waals surface area contributed by atoms with Crippen LogP contribution < -0.4 is 0 Å². The minimum atomic E-state index is -1.20. The Labute approximate surface area is 193 Å². The van der Waals surface area contributed by atoms with Gasteiger partial charge in [0, 0.05) is 10.8 Å². The molecule has 1 aromatic heterocycles. The van der Waals surface area contributed by atoms with Gasteiger partial charge in [-0.05, 0) is 17.9 Å². The SMILES string of the molecule is CCCCCCCCCCCCCC(CC(=O)O)c1cccs1.CCC[CH2][SnH]=[O]. The van der Waals surface area contributed by atoms with Crippen LogP contribution in [0.2, 0.25) is 4.44 Å². The van der Waals surface area contributed by atoms with Gasteiger partial charge in [0.15, 0.2) is 0 Å². The first kappa shape index (κ1) is 28.8. The Balaban J connectivity index is 0.00000113. The molecule has 0 radical (unpaired) electrons. The maximum absolute atomic E-state index is 11.0. The van der Waals surface area contributed by atoms with Gasteiger partial charge in [0.1, 0.15) is 0 Å². The Morgan fingerprint density at radius 3 is 1.90 bits per heavy atom. The van der Waals surface area contributed by atoms with Crippen molar-refractivity contribution in [1.29, 1.82) is 0 Å². The fourth-order valence-electron chi connectivity index (χ4n) is 3.42. The summed E-state index contributed by atoms with van der Waals surface area (Å²) in [5, 5.41) is 11.1. The van der Waals surface area contributed by atoms with Crippen molar-refractivity contribution in [2.75, 3.05) is 0 Å². The Hall–Kier alpha value is -0.231. The number of hydrogen-bond donors (Lipinski definition) is 1. The van der Waals surface area contributed by atoms with Crippen molar-refractivity contribution in [1.82, 2.24) is 0 Å². The van der Waals surface area contributed by atoms with E-state index in [0.717, 1.165) is 17.3 Å². The molecule has 0 saturated heterocycles. The molecule has 0 amide bonds. The van der Waals surface area contributed by atoms with Crippen LogP contribution in [0.5, 0.6) is 0 Å². The Bertz CT molecular complexity index is 476. The summed E-state index contributed by atoms with van der Waals surface area (Å²) < 4.78 is 10.9.